The van der Waals surface area contributed by atoms with Crippen LogP contribution in [0.1, 0.15) is 18.8 Å². The van der Waals surface area contributed by atoms with Crippen LogP contribution in [0.5, 0.6) is 0 Å². The molecule has 1 heterocycles. The molecule has 0 fully saturated rings. The maximum Gasteiger partial charge on any atom is 0.258 e. The molecule has 1 aromatic carbocycles. The minimum Gasteiger partial charge on any atom is -0.334 e. The van der Waals surface area contributed by atoms with Crippen molar-refractivity contribution in [2.45, 2.75) is 13.0 Å². The van der Waals surface area contributed by atoms with Crippen LogP contribution in [-0.4, -0.2) is 10.1 Å². The topological polar surface area (TPSA) is 64.9 Å². The zero-order valence-electron chi connectivity index (χ0n) is 8.14. The second kappa shape index (κ2) is 3.78. The fourth-order valence-corrected chi connectivity index (χ4v) is 1.16. The van der Waals surface area contributed by atoms with Gasteiger partial charge in [-0.2, -0.15) is 4.98 Å². The number of nitrogens with two attached hydrogens (primary N) is 1. The van der Waals surface area contributed by atoms with Crippen LogP contribution in [-0.2, 0) is 0 Å². The van der Waals surface area contributed by atoms with Crippen molar-refractivity contribution >= 4 is 0 Å². The van der Waals surface area contributed by atoms with Gasteiger partial charge in [0.2, 0.25) is 0 Å². The van der Waals surface area contributed by atoms with Crippen molar-refractivity contribution in [3.8, 4) is 11.5 Å². The van der Waals surface area contributed by atoms with Gasteiger partial charge < -0.3 is 10.3 Å². The van der Waals surface area contributed by atoms with Crippen molar-refractivity contribution < 1.29 is 8.91 Å². The summed E-state index contributed by atoms with van der Waals surface area (Å²) < 4.78 is 17.9. The lowest BCUT2D eigenvalue weighted by atomic mass is 10.2. The molecule has 0 aliphatic heterocycles. The van der Waals surface area contributed by atoms with Gasteiger partial charge in [-0.05, 0) is 25.1 Å². The van der Waals surface area contributed by atoms with Crippen molar-refractivity contribution in [1.29, 1.82) is 0 Å². The zero-order chi connectivity index (χ0) is 10.8. The summed E-state index contributed by atoms with van der Waals surface area (Å²) in [4.78, 5) is 4.05. The van der Waals surface area contributed by atoms with Gasteiger partial charge in [0.1, 0.15) is 5.82 Å². The van der Waals surface area contributed by atoms with E-state index in [9.17, 15) is 4.39 Å². The molecule has 0 unspecified atom stereocenters. The number of hydrogen-bond donors (Lipinski definition) is 1. The Morgan fingerprint density at radius 3 is 2.87 bits per heavy atom. The zero-order valence-corrected chi connectivity index (χ0v) is 8.14. The Labute approximate surface area is 85.9 Å². The smallest absolute Gasteiger partial charge is 0.258 e. The van der Waals surface area contributed by atoms with Crippen molar-refractivity contribution in [2.75, 3.05) is 0 Å². The van der Waals surface area contributed by atoms with Gasteiger partial charge in [-0.3, -0.25) is 0 Å². The van der Waals surface area contributed by atoms with Crippen molar-refractivity contribution in [1.82, 2.24) is 10.1 Å². The van der Waals surface area contributed by atoms with E-state index < -0.39 is 0 Å². The Hall–Kier alpha value is -1.75. The number of rotatable bonds is 2. The Bertz CT molecular complexity index is 467. The summed E-state index contributed by atoms with van der Waals surface area (Å²) in [6.07, 6.45) is 0. The van der Waals surface area contributed by atoms with Crippen LogP contribution < -0.4 is 5.73 Å². The van der Waals surface area contributed by atoms with Crippen LogP contribution in [0.15, 0.2) is 28.8 Å². The molecule has 5 heteroatoms. The van der Waals surface area contributed by atoms with Gasteiger partial charge in [0.15, 0.2) is 5.82 Å². The predicted octanol–water partition coefficient (Wildman–Crippen LogP) is 1.90. The summed E-state index contributed by atoms with van der Waals surface area (Å²) in [6.45, 7) is 1.75. The lowest BCUT2D eigenvalue weighted by Crippen LogP contribution is -2.06. The van der Waals surface area contributed by atoms with Gasteiger partial charge in [-0.1, -0.05) is 11.2 Å². The first kappa shape index (κ1) is 9.79. The summed E-state index contributed by atoms with van der Waals surface area (Å²) in [6, 6.07) is 5.67. The largest absolute Gasteiger partial charge is 0.334 e. The molecular weight excluding hydrogens is 197 g/mol. The molecular formula is C10H10FN3O. The van der Waals surface area contributed by atoms with E-state index in [2.05, 4.69) is 10.1 Å². The molecule has 4 nitrogen and oxygen atoms in total. The first-order valence-electron chi connectivity index (χ1n) is 4.52. The fourth-order valence-electron chi connectivity index (χ4n) is 1.16. The number of nitrogens with zero attached hydrogens (tertiary/aromatic N) is 2. The van der Waals surface area contributed by atoms with Gasteiger partial charge in [-0.15, -0.1) is 0 Å². The molecule has 0 spiro atoms. The Morgan fingerprint density at radius 2 is 2.27 bits per heavy atom. The highest BCUT2D eigenvalue weighted by atomic mass is 19.1. The molecule has 1 atom stereocenters. The van der Waals surface area contributed by atoms with Gasteiger partial charge in [-0.25, -0.2) is 4.39 Å². The van der Waals surface area contributed by atoms with Crippen LogP contribution in [0.25, 0.3) is 11.5 Å². The highest BCUT2D eigenvalue weighted by Crippen LogP contribution is 2.19. The van der Waals surface area contributed by atoms with Crippen molar-refractivity contribution in [3.05, 3.63) is 35.9 Å². The third-order valence-corrected chi connectivity index (χ3v) is 1.92. The second-order valence-electron chi connectivity index (χ2n) is 3.26. The van der Waals surface area contributed by atoms with E-state index in [1.807, 2.05) is 0 Å². The molecule has 0 saturated carbocycles. The molecule has 2 rings (SSSR count). The van der Waals surface area contributed by atoms with E-state index in [4.69, 9.17) is 10.3 Å². The number of hydrogen-bond acceptors (Lipinski definition) is 4. The monoisotopic (exact) mass is 207 g/mol. The van der Waals surface area contributed by atoms with Gasteiger partial charge in [0, 0.05) is 5.56 Å². The number of halogens is 1. The molecule has 0 aliphatic carbocycles. The van der Waals surface area contributed by atoms with Gasteiger partial charge in [0.25, 0.3) is 5.89 Å². The van der Waals surface area contributed by atoms with E-state index >= 15 is 0 Å². The molecule has 0 saturated heterocycles. The van der Waals surface area contributed by atoms with Crippen molar-refractivity contribution in [2.24, 2.45) is 5.73 Å². The van der Waals surface area contributed by atoms with Crippen LogP contribution >= 0.6 is 0 Å². The van der Waals surface area contributed by atoms with E-state index in [0.717, 1.165) is 0 Å². The fraction of sp³-hybridized carbons (Fsp3) is 0.200. The maximum atomic E-state index is 12.9. The lowest BCUT2D eigenvalue weighted by Gasteiger charge is -1.94. The first-order chi connectivity index (χ1) is 7.16. The van der Waals surface area contributed by atoms with Crippen molar-refractivity contribution in [3.63, 3.8) is 0 Å². The molecule has 0 radical (unpaired) electrons. The predicted molar refractivity (Wildman–Crippen MR) is 52.3 cm³/mol. The highest BCUT2D eigenvalue weighted by Gasteiger charge is 2.11. The Kier molecular flexibility index (Phi) is 2.47. The third-order valence-electron chi connectivity index (χ3n) is 1.92. The lowest BCUT2D eigenvalue weighted by molar-refractivity contribution is 0.418. The average molecular weight is 207 g/mol. The molecule has 78 valence electrons. The summed E-state index contributed by atoms with van der Waals surface area (Å²) in [5.41, 5.74) is 6.13. The SMILES string of the molecule is C[C@@H](N)c1noc(-c2cccc(F)c2)n1. The number of aromatic nitrogens is 2. The summed E-state index contributed by atoms with van der Waals surface area (Å²) in [5.74, 6) is 0.351. The maximum absolute atomic E-state index is 12.9. The van der Waals surface area contributed by atoms with Crippen LogP contribution in [0.2, 0.25) is 0 Å². The van der Waals surface area contributed by atoms with Crippen LogP contribution in [0.4, 0.5) is 4.39 Å². The van der Waals surface area contributed by atoms with E-state index in [1.165, 1.54) is 12.1 Å². The number of benzene rings is 1. The molecule has 1 aromatic heterocycles. The Balaban J connectivity index is 2.37. The molecule has 15 heavy (non-hydrogen) atoms. The Morgan fingerprint density at radius 1 is 1.47 bits per heavy atom. The first-order valence-corrected chi connectivity index (χ1v) is 4.52. The second-order valence-corrected chi connectivity index (χ2v) is 3.26. The average Bonchev–Trinajstić information content (AvgIpc) is 2.66. The normalized spacial score (nSPS) is 12.7. The minimum absolute atomic E-state index is 0.279. The molecule has 2 aromatic rings. The molecule has 2 N–H and O–H groups in total. The van der Waals surface area contributed by atoms with Gasteiger partial charge >= 0.3 is 0 Å². The summed E-state index contributed by atoms with van der Waals surface area (Å²) in [7, 11) is 0. The van der Waals surface area contributed by atoms with Gasteiger partial charge in [0.05, 0.1) is 6.04 Å². The van der Waals surface area contributed by atoms with Crippen LogP contribution in [0.3, 0.4) is 0 Å². The molecule has 0 amide bonds. The quantitative estimate of drug-likeness (QED) is 0.816. The van der Waals surface area contributed by atoms with E-state index in [1.54, 1.807) is 19.1 Å². The summed E-state index contributed by atoms with van der Waals surface area (Å²) >= 11 is 0. The van der Waals surface area contributed by atoms with Crippen LogP contribution in [0, 0.1) is 5.82 Å². The van der Waals surface area contributed by atoms with E-state index in [0.29, 0.717) is 11.4 Å². The third kappa shape index (κ3) is 2.02. The highest BCUT2D eigenvalue weighted by molar-refractivity contribution is 5.52. The van der Waals surface area contributed by atoms with E-state index in [-0.39, 0.29) is 17.7 Å². The standard InChI is InChI=1S/C10H10FN3O/c1-6(12)9-13-10(15-14-9)7-3-2-4-8(11)5-7/h2-6H,12H2,1H3/t6-/m1/s1. The molecule has 0 bridgehead atoms. The summed E-state index contributed by atoms with van der Waals surface area (Å²) in [5, 5.41) is 3.69. The molecule has 0 aliphatic rings. The minimum atomic E-state index is -0.340.